The monoisotopic (exact) mass is 629 g/mol. The van der Waals surface area contributed by atoms with E-state index in [0.29, 0.717) is 0 Å². The lowest BCUT2D eigenvalue weighted by Gasteiger charge is -2.01. The lowest BCUT2D eigenvalue weighted by Crippen LogP contribution is -1.79. The van der Waals surface area contributed by atoms with Crippen molar-refractivity contribution < 1.29 is 0 Å². The Hall–Kier alpha value is -2.60. The predicted octanol–water partition coefficient (Wildman–Crippen LogP) is 16.4. The van der Waals surface area contributed by atoms with Gasteiger partial charge in [0, 0.05) is 0 Å². The molecule has 0 spiro atoms. The molecule has 0 saturated heterocycles. The Bertz CT molecular complexity index is 917. The van der Waals surface area contributed by atoms with E-state index in [1.165, 1.54) is 145 Å². The zero-order valence-corrected chi connectivity index (χ0v) is 31.6. The third-order valence-corrected chi connectivity index (χ3v) is 7.88. The molecule has 0 heteroatoms. The van der Waals surface area contributed by atoms with Crippen LogP contribution in [0, 0.1) is 0 Å². The second-order valence-electron chi connectivity index (χ2n) is 12.6. The Morgan fingerprint density at radius 3 is 1.20 bits per heavy atom. The molecular weight excluding hydrogens is 553 g/mol. The molecular formula is C46H76. The van der Waals surface area contributed by atoms with Crippen LogP contribution in [0.5, 0.6) is 0 Å². The molecule has 2 aromatic rings. The Balaban J connectivity index is 0. The van der Waals surface area contributed by atoms with Crippen LogP contribution in [0.15, 0.2) is 98.1 Å². The van der Waals surface area contributed by atoms with Crippen LogP contribution in [-0.4, -0.2) is 0 Å². The van der Waals surface area contributed by atoms with Gasteiger partial charge in [0.05, 0.1) is 0 Å². The van der Waals surface area contributed by atoms with E-state index in [-0.39, 0.29) is 0 Å². The number of unbranched alkanes of at least 4 members (excludes halogenated alkanes) is 16. The van der Waals surface area contributed by atoms with Crippen LogP contribution in [0.2, 0.25) is 0 Å². The van der Waals surface area contributed by atoms with Crippen LogP contribution >= 0.6 is 0 Å². The number of hydrogen-bond donors (Lipinski definition) is 0. The second-order valence-corrected chi connectivity index (χ2v) is 12.6. The molecule has 0 aliphatic heterocycles. The summed E-state index contributed by atoms with van der Waals surface area (Å²) in [7, 11) is 0. The zero-order valence-electron chi connectivity index (χ0n) is 31.6. The molecule has 0 N–H and O–H groups in total. The molecule has 2 rings (SSSR count). The summed E-state index contributed by atoms with van der Waals surface area (Å²) in [5.41, 5.74) is 5.10. The lowest BCUT2D eigenvalue weighted by atomic mass is 10.0. The molecule has 2 aromatic carbocycles. The van der Waals surface area contributed by atoms with Crippen LogP contribution in [0.4, 0.5) is 0 Å². The highest BCUT2D eigenvalue weighted by Gasteiger charge is 1.93. The summed E-state index contributed by atoms with van der Waals surface area (Å²) in [6.07, 6.45) is 36.1. The summed E-state index contributed by atoms with van der Waals surface area (Å²) in [6, 6.07) is 20.8. The van der Waals surface area contributed by atoms with Crippen molar-refractivity contribution >= 4 is 11.1 Å². The van der Waals surface area contributed by atoms with Crippen LogP contribution < -0.4 is 0 Å². The largest absolute Gasteiger partial charge is 0.103 e. The van der Waals surface area contributed by atoms with E-state index < -0.39 is 0 Å². The van der Waals surface area contributed by atoms with Crippen molar-refractivity contribution in [3.8, 4) is 0 Å². The minimum Gasteiger partial charge on any atom is -0.103 e. The first kappa shape index (κ1) is 45.5. The van der Waals surface area contributed by atoms with Gasteiger partial charge in [-0.15, -0.1) is 6.58 Å². The van der Waals surface area contributed by atoms with Crippen molar-refractivity contribution in [3.63, 3.8) is 0 Å². The highest BCUT2D eigenvalue weighted by molar-refractivity contribution is 5.63. The van der Waals surface area contributed by atoms with Gasteiger partial charge in [0.2, 0.25) is 0 Å². The van der Waals surface area contributed by atoms with Crippen LogP contribution in [-0.2, 0) is 0 Å². The summed E-state index contributed by atoms with van der Waals surface area (Å²) in [5.74, 6) is 0. The molecule has 260 valence electrons. The lowest BCUT2D eigenvalue weighted by molar-refractivity contribution is 0.665. The Kier molecular flexibility index (Phi) is 38.2. The highest BCUT2D eigenvalue weighted by atomic mass is 14.0. The zero-order chi connectivity index (χ0) is 34.4. The van der Waals surface area contributed by atoms with E-state index >= 15 is 0 Å². The third kappa shape index (κ3) is 34.3. The van der Waals surface area contributed by atoms with Gasteiger partial charge in [-0.05, 0) is 81.9 Å². The van der Waals surface area contributed by atoms with Crippen molar-refractivity contribution in [3.05, 3.63) is 109 Å². The van der Waals surface area contributed by atoms with E-state index in [9.17, 15) is 0 Å². The van der Waals surface area contributed by atoms with Gasteiger partial charge in [-0.25, -0.2) is 0 Å². The molecule has 0 amide bonds. The van der Waals surface area contributed by atoms with E-state index in [1.807, 2.05) is 31.2 Å². The molecule has 0 saturated carbocycles. The first-order chi connectivity index (χ1) is 22.5. The van der Waals surface area contributed by atoms with Crippen molar-refractivity contribution in [1.29, 1.82) is 0 Å². The predicted molar refractivity (Wildman–Crippen MR) is 216 cm³/mol. The van der Waals surface area contributed by atoms with Gasteiger partial charge in [0.25, 0.3) is 0 Å². The van der Waals surface area contributed by atoms with Crippen LogP contribution in [0.25, 0.3) is 11.1 Å². The molecule has 0 heterocycles. The van der Waals surface area contributed by atoms with Crippen molar-refractivity contribution in [2.45, 2.75) is 170 Å². The fourth-order valence-corrected chi connectivity index (χ4v) is 4.76. The fourth-order valence-electron chi connectivity index (χ4n) is 4.76. The maximum atomic E-state index is 3.83. The standard InChI is InChI=1S/C15H22.C14H28.C9H10.C8H16/c1-3-4-5-6-8-11-14(2)15-12-9-7-10-13-15;1-3-5-7-9-11-13-14-12-10-8-6-4-2;1-8(2)9-6-4-3-5-7-9;1-3-5-7-8-6-4-2/h7,9-13H,3-6,8H2,1-2H3;13-14H,3-12H2,1-2H3;3-7H,1H2,2H3;3H,1,4-8H2,2H3. The SMILES string of the molecule is C=C(C)c1ccccc1.C=CCCCCCC.CCCCCCC=C(C)c1ccccc1.CCCCCCC=CCCCCCC. The van der Waals surface area contributed by atoms with E-state index in [1.54, 1.807) is 0 Å². The van der Waals surface area contributed by atoms with Crippen LogP contribution in [0.3, 0.4) is 0 Å². The molecule has 0 atom stereocenters. The maximum Gasteiger partial charge on any atom is -0.0231 e. The van der Waals surface area contributed by atoms with Gasteiger partial charge < -0.3 is 0 Å². The van der Waals surface area contributed by atoms with Crippen molar-refractivity contribution in [2.24, 2.45) is 0 Å². The number of rotatable bonds is 22. The minimum absolute atomic E-state index is 1.12. The molecule has 0 aliphatic carbocycles. The summed E-state index contributed by atoms with van der Waals surface area (Å²) in [6.45, 7) is 20.7. The first-order valence-electron chi connectivity index (χ1n) is 19.2. The second kappa shape index (κ2) is 38.6. The topological polar surface area (TPSA) is 0 Å². The molecule has 0 fully saturated rings. The van der Waals surface area contributed by atoms with Crippen molar-refractivity contribution in [1.82, 2.24) is 0 Å². The molecule has 46 heavy (non-hydrogen) atoms. The minimum atomic E-state index is 1.12. The smallest absolute Gasteiger partial charge is 0.0231 e. The quantitative estimate of drug-likeness (QED) is 0.0899. The maximum absolute atomic E-state index is 3.83. The van der Waals surface area contributed by atoms with Gasteiger partial charge in [-0.1, -0.05) is 202 Å². The molecule has 0 radical (unpaired) electrons. The van der Waals surface area contributed by atoms with Gasteiger partial charge >= 0.3 is 0 Å². The fraction of sp³-hybridized carbons (Fsp3) is 0.565. The van der Waals surface area contributed by atoms with E-state index in [2.05, 4.69) is 108 Å². The average molecular weight is 629 g/mol. The highest BCUT2D eigenvalue weighted by Crippen LogP contribution is 2.15. The summed E-state index contributed by atoms with van der Waals surface area (Å²) < 4.78 is 0. The number of benzene rings is 2. The number of hydrogen-bond acceptors (Lipinski definition) is 0. The average Bonchev–Trinajstić information content (AvgIpc) is 3.09. The van der Waals surface area contributed by atoms with E-state index in [4.69, 9.17) is 0 Å². The van der Waals surface area contributed by atoms with Crippen LogP contribution in [0.1, 0.15) is 181 Å². The molecule has 0 unspecified atom stereocenters. The summed E-state index contributed by atoms with van der Waals surface area (Å²) in [4.78, 5) is 0. The Morgan fingerprint density at radius 2 is 0.848 bits per heavy atom. The summed E-state index contributed by atoms with van der Waals surface area (Å²) >= 11 is 0. The third-order valence-electron chi connectivity index (χ3n) is 7.88. The van der Waals surface area contributed by atoms with Gasteiger partial charge in [-0.2, -0.15) is 0 Å². The Morgan fingerprint density at radius 1 is 0.478 bits per heavy atom. The van der Waals surface area contributed by atoms with Crippen molar-refractivity contribution in [2.75, 3.05) is 0 Å². The van der Waals surface area contributed by atoms with Gasteiger partial charge in [0.1, 0.15) is 0 Å². The molecule has 0 bridgehead atoms. The number of allylic oxidation sites excluding steroid dienone is 6. The van der Waals surface area contributed by atoms with E-state index in [0.717, 1.165) is 5.57 Å². The Labute approximate surface area is 289 Å². The normalized spacial score (nSPS) is 10.6. The molecule has 0 aliphatic rings. The van der Waals surface area contributed by atoms with Gasteiger partial charge in [0.15, 0.2) is 0 Å². The molecule has 0 aromatic heterocycles. The summed E-state index contributed by atoms with van der Waals surface area (Å²) in [5, 5.41) is 0. The van der Waals surface area contributed by atoms with Gasteiger partial charge in [-0.3, -0.25) is 0 Å². The molecule has 0 nitrogen and oxygen atoms in total. The first-order valence-corrected chi connectivity index (χ1v) is 19.2.